The van der Waals surface area contributed by atoms with Crippen LogP contribution in [0.15, 0.2) is 30.3 Å². The molecule has 2 fully saturated rings. The van der Waals surface area contributed by atoms with Gasteiger partial charge in [0.15, 0.2) is 0 Å². The minimum Gasteiger partial charge on any atom is -0.391 e. The number of carbonyl (C=O) groups excluding carboxylic acids is 8. The van der Waals surface area contributed by atoms with Crippen molar-refractivity contribution in [3.8, 4) is 0 Å². The summed E-state index contributed by atoms with van der Waals surface area (Å²) in [5, 5.41) is 18.8. The van der Waals surface area contributed by atoms with Gasteiger partial charge in [0, 0.05) is 47.7 Å². The summed E-state index contributed by atoms with van der Waals surface area (Å²) in [6.45, 7) is 10.6. The Morgan fingerprint density at radius 3 is 1.78 bits per heavy atom. The fourth-order valence-electron chi connectivity index (χ4n) is 7.64. The molecule has 0 spiro atoms. The average molecular weight is 841 g/mol. The first-order chi connectivity index (χ1) is 28.1. The van der Waals surface area contributed by atoms with Crippen molar-refractivity contribution in [3.63, 3.8) is 0 Å². The van der Waals surface area contributed by atoms with E-state index in [1.165, 1.54) is 56.7 Å². The fourth-order valence-corrected chi connectivity index (χ4v) is 7.64. The molecular formula is C43H68N8O9. The number of amides is 8. The molecule has 1 aromatic carbocycles. The van der Waals surface area contributed by atoms with E-state index in [0.717, 1.165) is 29.7 Å². The van der Waals surface area contributed by atoms with Crippen LogP contribution in [0.2, 0.25) is 0 Å². The molecule has 2 aliphatic rings. The van der Waals surface area contributed by atoms with Crippen molar-refractivity contribution in [2.24, 2.45) is 11.8 Å². The lowest BCUT2D eigenvalue weighted by atomic mass is 9.98. The lowest BCUT2D eigenvalue weighted by Crippen LogP contribution is -2.61. The maximum Gasteiger partial charge on any atom is 0.248 e. The molecule has 4 N–H and O–H groups in total. The van der Waals surface area contributed by atoms with Gasteiger partial charge in [0.2, 0.25) is 47.3 Å². The van der Waals surface area contributed by atoms with Crippen LogP contribution in [0.3, 0.4) is 0 Å². The molecule has 2 saturated heterocycles. The smallest absolute Gasteiger partial charge is 0.248 e. The van der Waals surface area contributed by atoms with Crippen molar-refractivity contribution >= 4 is 47.3 Å². The topological polar surface area (TPSA) is 209 Å². The second-order valence-electron chi connectivity index (χ2n) is 17.3. The largest absolute Gasteiger partial charge is 0.391 e. The zero-order chi connectivity index (χ0) is 45.0. The molecule has 3 rings (SSSR count). The highest BCUT2D eigenvalue weighted by atomic mass is 16.3. The van der Waals surface area contributed by atoms with E-state index in [1.807, 2.05) is 33.8 Å². The normalized spacial score (nSPS) is 26.1. The lowest BCUT2D eigenvalue weighted by molar-refractivity contribution is -0.150. The highest BCUT2D eigenvalue weighted by Gasteiger charge is 2.40. The third-order valence-electron chi connectivity index (χ3n) is 11.3. The standard InChI is InChI=1S/C43H68N8O9/c1-26(2)21-32-38(55)45-31(41(58)51-19-15-12-16-20-51)24-35(53)44-28(5)40(57)50(10)34(23-30-17-13-11-14-18-30)42(59)49(9)33(22-27(3)4)39(56)46-37(29(6)52)43(60)47(7)25-36(54)48(32)8/h11,13-14,17-18,26-29,31-34,37,52H,12,15-16,19-25H2,1-10H3,(H,44,53)(H,45,55)(H,46,56)/t28-,29-,31+,32+,33+,34+,37+/m1/s1. The van der Waals surface area contributed by atoms with E-state index in [1.54, 1.807) is 29.2 Å². The Bertz CT molecular complexity index is 1680. The minimum atomic E-state index is -1.51. The summed E-state index contributed by atoms with van der Waals surface area (Å²) in [4.78, 5) is 119. The van der Waals surface area contributed by atoms with Gasteiger partial charge in [-0.05, 0) is 63.4 Å². The number of piperidine rings is 1. The molecule has 0 aliphatic carbocycles. The summed E-state index contributed by atoms with van der Waals surface area (Å²) >= 11 is 0. The van der Waals surface area contributed by atoms with Gasteiger partial charge in [-0.3, -0.25) is 38.4 Å². The Kier molecular flexibility index (Phi) is 18.5. The molecule has 0 radical (unpaired) electrons. The van der Waals surface area contributed by atoms with E-state index in [2.05, 4.69) is 16.0 Å². The molecule has 17 heteroatoms. The van der Waals surface area contributed by atoms with E-state index in [0.29, 0.717) is 13.1 Å². The van der Waals surface area contributed by atoms with Gasteiger partial charge in [-0.15, -0.1) is 0 Å². The highest BCUT2D eigenvalue weighted by Crippen LogP contribution is 2.19. The van der Waals surface area contributed by atoms with Crippen LogP contribution in [0.4, 0.5) is 0 Å². The predicted octanol–water partition coefficient (Wildman–Crippen LogP) is 0.532. The zero-order valence-electron chi connectivity index (χ0n) is 37.1. The third-order valence-corrected chi connectivity index (χ3v) is 11.3. The summed E-state index contributed by atoms with van der Waals surface area (Å²) < 4.78 is 0. The van der Waals surface area contributed by atoms with E-state index < -0.39 is 103 Å². The molecule has 17 nitrogen and oxygen atoms in total. The fraction of sp³-hybridized carbons (Fsp3) is 0.674. The van der Waals surface area contributed by atoms with E-state index in [-0.39, 0.29) is 31.1 Å². The van der Waals surface area contributed by atoms with Gasteiger partial charge in [-0.1, -0.05) is 58.0 Å². The molecule has 0 unspecified atom stereocenters. The first-order valence-electron chi connectivity index (χ1n) is 21.1. The molecule has 0 aromatic heterocycles. The number of likely N-dealkylation sites (tertiary alicyclic amines) is 1. The monoisotopic (exact) mass is 841 g/mol. The summed E-state index contributed by atoms with van der Waals surface area (Å²) in [6.07, 6.45) is 0.920. The minimum absolute atomic E-state index is 0.0565. The van der Waals surface area contributed by atoms with Gasteiger partial charge in [0.1, 0.15) is 36.3 Å². The maximum atomic E-state index is 14.6. The van der Waals surface area contributed by atoms with Gasteiger partial charge in [-0.2, -0.15) is 0 Å². The summed E-state index contributed by atoms with van der Waals surface area (Å²) in [6, 6.07) is 1.57. The molecule has 8 amide bonds. The Balaban J connectivity index is 2.15. The third kappa shape index (κ3) is 13.5. The number of rotatable bonds is 8. The first kappa shape index (κ1) is 49.3. The number of aliphatic hydroxyl groups is 1. The Morgan fingerprint density at radius 2 is 1.23 bits per heavy atom. The second-order valence-corrected chi connectivity index (χ2v) is 17.3. The van der Waals surface area contributed by atoms with Crippen molar-refractivity contribution in [1.82, 2.24) is 40.4 Å². The van der Waals surface area contributed by atoms with Crippen LogP contribution >= 0.6 is 0 Å². The van der Waals surface area contributed by atoms with Crippen molar-refractivity contribution in [2.45, 2.75) is 129 Å². The van der Waals surface area contributed by atoms with Crippen molar-refractivity contribution in [3.05, 3.63) is 35.9 Å². The SMILES string of the molecule is CC(C)C[C@H]1C(=O)N[C@H](C(=O)N2CCCCC2)CC(=O)N[C@H](C)C(=O)N(C)[C@@H](Cc2ccccc2)C(=O)N(C)[C@@H](CC(C)C)C(=O)N[C@@H]([C@@H](C)O)C(=O)N(C)CC(=O)N1C. The van der Waals surface area contributed by atoms with Crippen LogP contribution in [-0.2, 0) is 44.8 Å². The number of carbonyl (C=O) groups is 8. The predicted molar refractivity (Wildman–Crippen MR) is 225 cm³/mol. The Labute approximate surface area is 354 Å². The van der Waals surface area contributed by atoms with Gasteiger partial charge in [0.05, 0.1) is 19.1 Å². The zero-order valence-corrected chi connectivity index (χ0v) is 37.1. The summed E-state index contributed by atoms with van der Waals surface area (Å²) in [5.41, 5.74) is 0.723. The van der Waals surface area contributed by atoms with E-state index in [4.69, 9.17) is 0 Å². The number of nitrogens with zero attached hydrogens (tertiary/aromatic N) is 5. The van der Waals surface area contributed by atoms with Gasteiger partial charge < -0.3 is 45.6 Å². The Morgan fingerprint density at radius 1 is 0.700 bits per heavy atom. The van der Waals surface area contributed by atoms with Crippen LogP contribution in [0.5, 0.6) is 0 Å². The molecule has 60 heavy (non-hydrogen) atoms. The van der Waals surface area contributed by atoms with Crippen LogP contribution < -0.4 is 16.0 Å². The maximum absolute atomic E-state index is 14.6. The molecule has 1 aromatic rings. The number of hydrogen-bond acceptors (Lipinski definition) is 9. The number of nitrogens with one attached hydrogen (secondary N) is 3. The van der Waals surface area contributed by atoms with E-state index in [9.17, 15) is 43.5 Å². The molecule has 0 saturated carbocycles. The average Bonchev–Trinajstić information content (AvgIpc) is 3.20. The molecule has 0 bridgehead atoms. The number of benzene rings is 1. The number of hydrogen-bond donors (Lipinski definition) is 4. The van der Waals surface area contributed by atoms with Gasteiger partial charge >= 0.3 is 0 Å². The van der Waals surface area contributed by atoms with Crippen molar-refractivity contribution in [2.75, 3.05) is 47.8 Å². The molecule has 7 atom stereocenters. The van der Waals surface area contributed by atoms with Crippen LogP contribution in [-0.4, -0.2) is 167 Å². The van der Waals surface area contributed by atoms with Gasteiger partial charge in [0.25, 0.3) is 0 Å². The second kappa shape index (κ2) is 22.5. The van der Waals surface area contributed by atoms with Crippen molar-refractivity contribution < 1.29 is 43.5 Å². The van der Waals surface area contributed by atoms with Gasteiger partial charge in [-0.25, -0.2) is 0 Å². The number of aliphatic hydroxyl groups excluding tert-OH is 1. The highest BCUT2D eigenvalue weighted by molar-refractivity contribution is 5.98. The molecule has 2 heterocycles. The molecule has 334 valence electrons. The molecule has 2 aliphatic heterocycles. The lowest BCUT2D eigenvalue weighted by Gasteiger charge is -2.37. The Hall–Kier alpha value is -5.06. The number of likely N-dealkylation sites (N-methyl/N-ethyl adjacent to an activating group) is 4. The summed E-state index contributed by atoms with van der Waals surface area (Å²) in [7, 11) is 5.62. The van der Waals surface area contributed by atoms with Crippen LogP contribution in [0.25, 0.3) is 0 Å². The van der Waals surface area contributed by atoms with E-state index >= 15 is 0 Å². The quantitative estimate of drug-likeness (QED) is 0.288. The van der Waals surface area contributed by atoms with Crippen LogP contribution in [0, 0.1) is 11.8 Å². The van der Waals surface area contributed by atoms with Crippen molar-refractivity contribution in [1.29, 1.82) is 0 Å². The first-order valence-corrected chi connectivity index (χ1v) is 21.1. The summed E-state index contributed by atoms with van der Waals surface area (Å²) in [5.74, 6) is -5.42. The molecular weight excluding hydrogens is 773 g/mol. The van der Waals surface area contributed by atoms with Crippen LogP contribution in [0.1, 0.15) is 85.6 Å².